The molecule has 0 aliphatic heterocycles. The second kappa shape index (κ2) is 7.59. The van der Waals surface area contributed by atoms with Crippen LogP contribution in [0.25, 0.3) is 16.3 Å². The van der Waals surface area contributed by atoms with Gasteiger partial charge in [-0.3, -0.25) is 14.9 Å². The first-order chi connectivity index (χ1) is 12.6. The molecule has 0 aliphatic carbocycles. The van der Waals surface area contributed by atoms with Crippen molar-refractivity contribution in [2.24, 2.45) is 4.99 Å². The highest BCUT2D eigenvalue weighted by Crippen LogP contribution is 2.17. The first-order valence-corrected chi connectivity index (χ1v) is 8.43. The molecular weight excluding hydrogens is 350 g/mol. The highest BCUT2D eigenvalue weighted by atomic mass is 32.1. The molecule has 0 atom stereocenters. The molecule has 0 fully saturated rings. The second-order valence-electron chi connectivity index (χ2n) is 5.28. The molecule has 128 valence electrons. The van der Waals surface area contributed by atoms with Gasteiger partial charge in [0.2, 0.25) is 0 Å². The van der Waals surface area contributed by atoms with Crippen molar-refractivity contribution in [3.8, 4) is 12.3 Å². The highest BCUT2D eigenvalue weighted by Gasteiger charge is 2.06. The van der Waals surface area contributed by atoms with Crippen molar-refractivity contribution in [2.75, 3.05) is 0 Å². The molecule has 0 saturated heterocycles. The minimum Gasteiger partial charge on any atom is -0.305 e. The minimum absolute atomic E-state index is 0.0343. The van der Waals surface area contributed by atoms with Crippen molar-refractivity contribution in [2.45, 2.75) is 6.54 Å². The number of carbonyl (C=O) groups is 1. The first kappa shape index (κ1) is 17.3. The van der Waals surface area contributed by atoms with Crippen LogP contribution in [0.3, 0.4) is 0 Å². The number of thiazole rings is 1. The Morgan fingerprint density at radius 3 is 2.88 bits per heavy atom. The van der Waals surface area contributed by atoms with Gasteiger partial charge in [-0.2, -0.15) is 4.99 Å². The van der Waals surface area contributed by atoms with Gasteiger partial charge in [0.05, 0.1) is 21.7 Å². The van der Waals surface area contributed by atoms with Crippen molar-refractivity contribution < 1.29 is 9.72 Å². The number of fused-ring (bicyclic) bond motifs is 1. The molecule has 0 unspecified atom stereocenters. The van der Waals surface area contributed by atoms with Crippen LogP contribution in [0.2, 0.25) is 0 Å². The van der Waals surface area contributed by atoms with Crippen molar-refractivity contribution >= 4 is 39.2 Å². The van der Waals surface area contributed by atoms with E-state index < -0.39 is 10.8 Å². The monoisotopic (exact) mass is 363 g/mol. The van der Waals surface area contributed by atoms with Gasteiger partial charge in [-0.25, -0.2) is 0 Å². The van der Waals surface area contributed by atoms with Gasteiger partial charge in [0.1, 0.15) is 0 Å². The number of carbonyl (C=O) groups excluding carboxylic acids is 1. The number of non-ortho nitro benzene ring substituents is 1. The van der Waals surface area contributed by atoms with E-state index in [2.05, 4.69) is 10.9 Å². The fourth-order valence-electron chi connectivity index (χ4n) is 2.39. The number of nitro groups is 1. The maximum absolute atomic E-state index is 12.2. The summed E-state index contributed by atoms with van der Waals surface area (Å²) in [5.74, 6) is 2.10. The van der Waals surface area contributed by atoms with E-state index in [0.717, 1.165) is 10.2 Å². The number of benzene rings is 2. The van der Waals surface area contributed by atoms with Crippen LogP contribution in [0.5, 0.6) is 0 Å². The van der Waals surface area contributed by atoms with E-state index in [4.69, 9.17) is 6.42 Å². The van der Waals surface area contributed by atoms with Crippen LogP contribution < -0.4 is 4.80 Å². The third-order valence-electron chi connectivity index (χ3n) is 3.54. The summed E-state index contributed by atoms with van der Waals surface area (Å²) in [4.78, 5) is 27.1. The maximum atomic E-state index is 12.2. The molecule has 1 aromatic heterocycles. The number of nitro benzene ring substituents is 1. The Balaban J connectivity index is 1.93. The Morgan fingerprint density at radius 1 is 1.31 bits per heavy atom. The molecule has 1 heterocycles. The van der Waals surface area contributed by atoms with Gasteiger partial charge in [-0.15, -0.1) is 6.42 Å². The number of nitrogens with zero attached hydrogens (tertiary/aromatic N) is 3. The minimum atomic E-state index is -0.483. The van der Waals surface area contributed by atoms with Crippen LogP contribution >= 0.6 is 11.3 Å². The van der Waals surface area contributed by atoms with E-state index in [-0.39, 0.29) is 5.69 Å². The van der Waals surface area contributed by atoms with Crippen molar-refractivity contribution in [3.63, 3.8) is 0 Å². The molecule has 26 heavy (non-hydrogen) atoms. The highest BCUT2D eigenvalue weighted by molar-refractivity contribution is 7.16. The third-order valence-corrected chi connectivity index (χ3v) is 4.60. The molecule has 0 spiro atoms. The van der Waals surface area contributed by atoms with Crippen LogP contribution in [0.15, 0.2) is 59.6 Å². The van der Waals surface area contributed by atoms with E-state index in [9.17, 15) is 14.9 Å². The Kier molecular flexibility index (Phi) is 5.06. The predicted octanol–water partition coefficient (Wildman–Crippen LogP) is 3.38. The Morgan fingerprint density at radius 2 is 2.12 bits per heavy atom. The number of terminal acetylenes is 1. The molecule has 7 heteroatoms. The maximum Gasteiger partial charge on any atom is 0.272 e. The zero-order valence-electron chi connectivity index (χ0n) is 13.5. The molecule has 0 radical (unpaired) electrons. The number of rotatable bonds is 4. The molecule has 0 N–H and O–H groups in total. The van der Waals surface area contributed by atoms with Crippen LogP contribution in [0, 0.1) is 22.5 Å². The van der Waals surface area contributed by atoms with E-state index >= 15 is 0 Å². The van der Waals surface area contributed by atoms with Gasteiger partial charge in [-0.1, -0.05) is 41.5 Å². The molecule has 1 amide bonds. The lowest BCUT2D eigenvalue weighted by Crippen LogP contribution is -2.15. The molecule has 2 aromatic carbocycles. The van der Waals surface area contributed by atoms with Gasteiger partial charge in [0, 0.05) is 18.2 Å². The number of amides is 1. The number of hydrogen-bond acceptors (Lipinski definition) is 4. The van der Waals surface area contributed by atoms with Crippen LogP contribution in [0.4, 0.5) is 5.69 Å². The van der Waals surface area contributed by atoms with Gasteiger partial charge < -0.3 is 4.57 Å². The van der Waals surface area contributed by atoms with Gasteiger partial charge >= 0.3 is 0 Å². The summed E-state index contributed by atoms with van der Waals surface area (Å²) in [5, 5.41) is 10.8. The lowest BCUT2D eigenvalue weighted by Gasteiger charge is -1.98. The summed E-state index contributed by atoms with van der Waals surface area (Å²) >= 11 is 1.38. The zero-order valence-corrected chi connectivity index (χ0v) is 14.3. The summed E-state index contributed by atoms with van der Waals surface area (Å²) in [7, 11) is 0. The quantitative estimate of drug-likeness (QED) is 0.308. The fraction of sp³-hybridized carbons (Fsp3) is 0.0526. The number of hydrogen-bond donors (Lipinski definition) is 0. The average Bonchev–Trinajstić information content (AvgIpc) is 2.98. The Bertz CT molecular complexity index is 1130. The van der Waals surface area contributed by atoms with Crippen molar-refractivity contribution in [3.05, 3.63) is 75.1 Å². The van der Waals surface area contributed by atoms with Crippen LogP contribution in [-0.2, 0) is 11.3 Å². The molecular formula is C19H13N3O3S. The Labute approximate surface area is 152 Å². The predicted molar refractivity (Wildman–Crippen MR) is 101 cm³/mol. The first-order valence-electron chi connectivity index (χ1n) is 7.61. The molecule has 3 aromatic rings. The van der Waals surface area contributed by atoms with Crippen molar-refractivity contribution in [1.29, 1.82) is 0 Å². The normalized spacial score (nSPS) is 11.7. The van der Waals surface area contributed by atoms with Gasteiger partial charge in [0.15, 0.2) is 4.80 Å². The second-order valence-corrected chi connectivity index (χ2v) is 6.29. The van der Waals surface area contributed by atoms with Crippen LogP contribution in [0.1, 0.15) is 5.56 Å². The topological polar surface area (TPSA) is 77.5 Å². The Hall–Kier alpha value is -3.50. The largest absolute Gasteiger partial charge is 0.305 e. The molecule has 0 bridgehead atoms. The SMILES string of the molecule is C#CCn1c(=NC(=O)/C=C/c2cccc([N+](=O)[O-])c2)sc2ccccc21. The summed E-state index contributed by atoms with van der Waals surface area (Å²) in [6.07, 6.45) is 8.20. The number of aromatic nitrogens is 1. The standard InChI is InChI=1S/C19H13N3O3S/c1-2-12-21-16-8-3-4-9-17(16)26-19(21)20-18(23)11-10-14-6-5-7-15(13-14)22(24)25/h1,3-11,13H,12H2/b11-10+,20-19?. The number of para-hydroxylation sites is 1. The van der Waals surface area contributed by atoms with E-state index in [1.165, 1.54) is 35.6 Å². The summed E-state index contributed by atoms with van der Waals surface area (Å²) in [6.45, 7) is 0.310. The van der Waals surface area contributed by atoms with Crippen molar-refractivity contribution in [1.82, 2.24) is 4.57 Å². The van der Waals surface area contributed by atoms with Gasteiger partial charge in [0.25, 0.3) is 11.6 Å². The molecule has 0 aliphatic rings. The fourth-order valence-corrected chi connectivity index (χ4v) is 3.43. The molecule has 0 saturated carbocycles. The molecule has 6 nitrogen and oxygen atoms in total. The third kappa shape index (κ3) is 3.77. The lowest BCUT2D eigenvalue weighted by molar-refractivity contribution is -0.384. The van der Waals surface area contributed by atoms with E-state index in [0.29, 0.717) is 16.9 Å². The van der Waals surface area contributed by atoms with E-state index in [1.54, 1.807) is 16.7 Å². The summed E-state index contributed by atoms with van der Waals surface area (Å²) in [5.41, 5.74) is 1.44. The van der Waals surface area contributed by atoms with E-state index in [1.807, 2.05) is 24.3 Å². The zero-order chi connectivity index (χ0) is 18.5. The van der Waals surface area contributed by atoms with Crippen LogP contribution in [-0.4, -0.2) is 15.4 Å². The average molecular weight is 363 g/mol. The smallest absolute Gasteiger partial charge is 0.272 e. The summed E-state index contributed by atoms with van der Waals surface area (Å²) in [6, 6.07) is 13.7. The summed E-state index contributed by atoms with van der Waals surface area (Å²) < 4.78 is 2.79. The molecule has 3 rings (SSSR count). The van der Waals surface area contributed by atoms with Gasteiger partial charge in [-0.05, 0) is 23.8 Å². The lowest BCUT2D eigenvalue weighted by atomic mass is 10.2.